The fraction of sp³-hybridized carbons (Fsp3) is 0.312. The van der Waals surface area contributed by atoms with Crippen molar-refractivity contribution in [3.63, 3.8) is 0 Å². The largest absolute Gasteiger partial charge is 0.508 e. The minimum atomic E-state index is -0.0510. The van der Waals surface area contributed by atoms with Crippen molar-refractivity contribution < 1.29 is 9.90 Å². The van der Waals surface area contributed by atoms with E-state index in [2.05, 4.69) is 9.97 Å². The molecule has 1 aromatic carbocycles. The molecule has 2 aromatic rings. The normalized spacial score (nSPS) is 18.5. The molecular weight excluding hydrogens is 298 g/mol. The van der Waals surface area contributed by atoms with Crippen LogP contribution in [-0.2, 0) is 11.3 Å². The van der Waals surface area contributed by atoms with Crippen molar-refractivity contribution in [3.8, 4) is 5.75 Å². The van der Waals surface area contributed by atoms with Gasteiger partial charge in [0.1, 0.15) is 11.1 Å². The minimum Gasteiger partial charge on any atom is -0.508 e. The van der Waals surface area contributed by atoms with Crippen LogP contribution in [-0.4, -0.2) is 31.6 Å². The quantitative estimate of drug-likeness (QED) is 0.943. The van der Waals surface area contributed by atoms with E-state index in [1.54, 1.807) is 36.3 Å². The molecule has 1 aliphatic rings. The molecule has 0 radical (unpaired) electrons. The number of phenolic OH excluding ortho intramolecular Hbond substituents is 1. The Kier molecular flexibility index (Phi) is 4.29. The number of nitrogens with zero attached hydrogens (tertiary/aromatic N) is 3. The van der Waals surface area contributed by atoms with Gasteiger partial charge in [0.25, 0.3) is 0 Å². The second-order valence-corrected chi connectivity index (χ2v) is 6.42. The number of aryl methyl sites for hydroxylation is 1. The Bertz CT molecular complexity index is 658. The Morgan fingerprint density at radius 1 is 1.27 bits per heavy atom. The minimum absolute atomic E-state index is 0.0510. The van der Waals surface area contributed by atoms with E-state index in [-0.39, 0.29) is 17.0 Å². The van der Waals surface area contributed by atoms with Crippen LogP contribution >= 0.6 is 11.8 Å². The van der Waals surface area contributed by atoms with Crippen molar-refractivity contribution in [2.24, 2.45) is 0 Å². The molecule has 5 nitrogen and oxygen atoms in total. The lowest BCUT2D eigenvalue weighted by Gasteiger charge is -2.35. The van der Waals surface area contributed by atoms with Gasteiger partial charge >= 0.3 is 0 Å². The molecule has 0 bridgehead atoms. The fourth-order valence-corrected chi connectivity index (χ4v) is 3.62. The monoisotopic (exact) mass is 315 g/mol. The average Bonchev–Trinajstić information content (AvgIpc) is 2.52. The van der Waals surface area contributed by atoms with Gasteiger partial charge in [0, 0.05) is 18.4 Å². The molecule has 1 saturated heterocycles. The van der Waals surface area contributed by atoms with Gasteiger partial charge in [-0.2, -0.15) is 0 Å². The first kappa shape index (κ1) is 14.8. The van der Waals surface area contributed by atoms with Crippen LogP contribution in [0.1, 0.15) is 28.7 Å². The van der Waals surface area contributed by atoms with Gasteiger partial charge in [-0.25, -0.2) is 0 Å². The highest BCUT2D eigenvalue weighted by atomic mass is 32.2. The van der Waals surface area contributed by atoms with Crippen LogP contribution in [0.2, 0.25) is 0 Å². The second-order valence-electron chi connectivity index (χ2n) is 5.24. The van der Waals surface area contributed by atoms with Crippen LogP contribution in [0.25, 0.3) is 0 Å². The highest BCUT2D eigenvalue weighted by molar-refractivity contribution is 7.99. The van der Waals surface area contributed by atoms with Crippen LogP contribution in [0.15, 0.2) is 36.7 Å². The van der Waals surface area contributed by atoms with Crippen LogP contribution < -0.4 is 0 Å². The van der Waals surface area contributed by atoms with Crippen LogP contribution in [0, 0.1) is 6.92 Å². The molecule has 2 heterocycles. The predicted octanol–water partition coefficient (Wildman–Crippen LogP) is 2.65. The second kappa shape index (κ2) is 6.36. The summed E-state index contributed by atoms with van der Waals surface area (Å²) >= 11 is 1.73. The molecule has 1 fully saturated rings. The summed E-state index contributed by atoms with van der Waals surface area (Å²) in [5, 5.41) is 9.38. The molecule has 0 saturated carbocycles. The Labute approximate surface area is 133 Å². The van der Waals surface area contributed by atoms with Crippen molar-refractivity contribution in [3.05, 3.63) is 53.6 Å². The van der Waals surface area contributed by atoms with Gasteiger partial charge in [0.15, 0.2) is 0 Å². The first-order valence-corrected chi connectivity index (χ1v) is 8.16. The van der Waals surface area contributed by atoms with E-state index < -0.39 is 0 Å². The van der Waals surface area contributed by atoms with Gasteiger partial charge in [-0.15, -0.1) is 11.8 Å². The molecule has 3 rings (SSSR count). The highest BCUT2D eigenvalue weighted by Crippen LogP contribution is 2.38. The van der Waals surface area contributed by atoms with E-state index in [1.165, 1.54) is 0 Å². The summed E-state index contributed by atoms with van der Waals surface area (Å²) in [6.45, 7) is 2.34. The third-order valence-electron chi connectivity index (χ3n) is 3.54. The molecule has 1 amide bonds. The zero-order valence-corrected chi connectivity index (χ0v) is 13.1. The summed E-state index contributed by atoms with van der Waals surface area (Å²) in [5.74, 6) is 1.16. The topological polar surface area (TPSA) is 66.3 Å². The summed E-state index contributed by atoms with van der Waals surface area (Å²) in [6, 6.07) is 7.02. The zero-order chi connectivity index (χ0) is 15.5. The van der Waals surface area contributed by atoms with Gasteiger partial charge in [-0.3, -0.25) is 14.8 Å². The Morgan fingerprint density at radius 2 is 2.05 bits per heavy atom. The molecule has 1 N–H and O–H groups in total. The average molecular weight is 315 g/mol. The van der Waals surface area contributed by atoms with Gasteiger partial charge < -0.3 is 10.0 Å². The number of amides is 1. The number of aromatic hydroxyl groups is 1. The number of benzene rings is 1. The number of aromatic nitrogens is 2. The molecule has 1 atom stereocenters. The lowest BCUT2D eigenvalue weighted by molar-refractivity contribution is -0.132. The van der Waals surface area contributed by atoms with E-state index >= 15 is 0 Å². The van der Waals surface area contributed by atoms with Crippen molar-refractivity contribution in [2.45, 2.75) is 25.3 Å². The zero-order valence-electron chi connectivity index (χ0n) is 12.3. The maximum absolute atomic E-state index is 12.3. The lowest BCUT2D eigenvalue weighted by Crippen LogP contribution is -2.37. The first-order chi connectivity index (χ1) is 10.6. The van der Waals surface area contributed by atoms with E-state index in [1.807, 2.05) is 24.0 Å². The van der Waals surface area contributed by atoms with Crippen LogP contribution in [0.3, 0.4) is 0 Å². The third kappa shape index (κ3) is 3.22. The van der Waals surface area contributed by atoms with Gasteiger partial charge in [-0.05, 0) is 24.6 Å². The molecule has 114 valence electrons. The van der Waals surface area contributed by atoms with Crippen molar-refractivity contribution in [1.82, 2.24) is 14.9 Å². The Morgan fingerprint density at radius 3 is 2.73 bits per heavy atom. The van der Waals surface area contributed by atoms with E-state index in [0.29, 0.717) is 13.0 Å². The maximum Gasteiger partial charge on any atom is 0.224 e. The van der Waals surface area contributed by atoms with Crippen molar-refractivity contribution in [1.29, 1.82) is 0 Å². The van der Waals surface area contributed by atoms with E-state index in [0.717, 1.165) is 22.7 Å². The van der Waals surface area contributed by atoms with Gasteiger partial charge in [0.2, 0.25) is 5.91 Å². The SMILES string of the molecule is Cc1cnc(CN2C(=O)CCSC2c2ccc(O)cc2)cn1. The third-order valence-corrected chi connectivity index (χ3v) is 4.82. The molecule has 0 spiro atoms. The van der Waals surface area contributed by atoms with E-state index in [9.17, 15) is 9.90 Å². The van der Waals surface area contributed by atoms with Crippen LogP contribution in [0.5, 0.6) is 5.75 Å². The Hall–Kier alpha value is -2.08. The van der Waals surface area contributed by atoms with Crippen LogP contribution in [0.4, 0.5) is 0 Å². The number of hydrogen-bond acceptors (Lipinski definition) is 5. The fourth-order valence-electron chi connectivity index (χ4n) is 2.38. The lowest BCUT2D eigenvalue weighted by atomic mass is 10.2. The summed E-state index contributed by atoms with van der Waals surface area (Å²) in [4.78, 5) is 22.7. The number of thioether (sulfide) groups is 1. The molecule has 22 heavy (non-hydrogen) atoms. The Balaban J connectivity index is 1.85. The smallest absolute Gasteiger partial charge is 0.224 e. The summed E-state index contributed by atoms with van der Waals surface area (Å²) in [5.41, 5.74) is 2.65. The summed E-state index contributed by atoms with van der Waals surface area (Å²) < 4.78 is 0. The summed E-state index contributed by atoms with van der Waals surface area (Å²) in [6.07, 6.45) is 3.97. The number of carbonyl (C=O) groups excluding carboxylic acids is 1. The molecule has 1 aliphatic heterocycles. The molecule has 0 aliphatic carbocycles. The highest BCUT2D eigenvalue weighted by Gasteiger charge is 2.30. The van der Waals surface area contributed by atoms with Crippen molar-refractivity contribution in [2.75, 3.05) is 5.75 Å². The summed E-state index contributed by atoms with van der Waals surface area (Å²) in [7, 11) is 0. The molecule has 1 unspecified atom stereocenters. The maximum atomic E-state index is 12.3. The van der Waals surface area contributed by atoms with E-state index in [4.69, 9.17) is 0 Å². The molecular formula is C16H17N3O2S. The van der Waals surface area contributed by atoms with Crippen molar-refractivity contribution >= 4 is 17.7 Å². The molecule has 6 heteroatoms. The standard InChI is InChI=1S/C16H17N3O2S/c1-11-8-18-13(9-17-11)10-19-15(21)6-7-22-16(19)12-2-4-14(20)5-3-12/h2-5,8-9,16,20H,6-7,10H2,1H3. The van der Waals surface area contributed by atoms with Gasteiger partial charge in [-0.1, -0.05) is 12.1 Å². The predicted molar refractivity (Wildman–Crippen MR) is 85.2 cm³/mol. The number of rotatable bonds is 3. The van der Waals surface area contributed by atoms with Gasteiger partial charge in [0.05, 0.1) is 24.1 Å². The first-order valence-electron chi connectivity index (χ1n) is 7.11. The number of carbonyl (C=O) groups is 1. The molecule has 1 aromatic heterocycles. The number of hydrogen-bond donors (Lipinski definition) is 1. The number of phenols is 1.